The predicted molar refractivity (Wildman–Crippen MR) is 56.6 cm³/mol. The van der Waals surface area contributed by atoms with Crippen LogP contribution in [-0.2, 0) is 0 Å². The van der Waals surface area contributed by atoms with Gasteiger partial charge >= 0.3 is 0 Å². The van der Waals surface area contributed by atoms with E-state index in [4.69, 9.17) is 0 Å². The Morgan fingerprint density at radius 2 is 2.06 bits per heavy atom. The molecule has 0 saturated carbocycles. The molecule has 78 valence electrons. The summed E-state index contributed by atoms with van der Waals surface area (Å²) in [5, 5.41) is 4.58. The lowest BCUT2D eigenvalue weighted by molar-refractivity contribution is 0.640. The molecule has 0 N–H and O–H groups in total. The first-order chi connectivity index (χ1) is 7.86. The molecular weight excluding hydrogens is 207 g/mol. The number of rotatable bonds is 1. The van der Waals surface area contributed by atoms with Crippen LogP contribution in [-0.4, -0.2) is 19.7 Å². The van der Waals surface area contributed by atoms with Crippen molar-refractivity contribution < 1.29 is 4.39 Å². The van der Waals surface area contributed by atoms with E-state index >= 15 is 0 Å². The SMILES string of the molecule is Fc1cccc2c1cnn2-c1cnccn1. The van der Waals surface area contributed by atoms with Crippen LogP contribution in [0.25, 0.3) is 16.7 Å². The molecule has 0 unspecified atom stereocenters. The van der Waals surface area contributed by atoms with Gasteiger partial charge in [0.15, 0.2) is 5.82 Å². The van der Waals surface area contributed by atoms with Gasteiger partial charge in [0.2, 0.25) is 0 Å². The van der Waals surface area contributed by atoms with Gasteiger partial charge < -0.3 is 0 Å². The Kier molecular flexibility index (Phi) is 1.89. The van der Waals surface area contributed by atoms with Crippen molar-refractivity contribution in [1.82, 2.24) is 19.7 Å². The largest absolute Gasteiger partial charge is 0.259 e. The van der Waals surface area contributed by atoms with Gasteiger partial charge in [0.05, 0.1) is 23.3 Å². The molecule has 0 radical (unpaired) electrons. The fourth-order valence-electron chi connectivity index (χ4n) is 1.60. The third kappa shape index (κ3) is 1.25. The maximum absolute atomic E-state index is 13.4. The van der Waals surface area contributed by atoms with E-state index < -0.39 is 0 Å². The molecule has 1 aromatic carbocycles. The highest BCUT2D eigenvalue weighted by atomic mass is 19.1. The lowest BCUT2D eigenvalue weighted by Crippen LogP contribution is -1.99. The third-order valence-electron chi connectivity index (χ3n) is 2.33. The molecule has 0 spiro atoms. The second kappa shape index (κ2) is 3.37. The minimum absolute atomic E-state index is 0.285. The molecule has 0 amide bonds. The zero-order valence-corrected chi connectivity index (χ0v) is 8.21. The van der Waals surface area contributed by atoms with E-state index in [0.717, 1.165) is 0 Å². The zero-order valence-electron chi connectivity index (χ0n) is 8.21. The van der Waals surface area contributed by atoms with Gasteiger partial charge in [0, 0.05) is 12.4 Å². The molecule has 0 fully saturated rings. The Balaban J connectivity index is 2.30. The van der Waals surface area contributed by atoms with E-state index in [1.165, 1.54) is 12.3 Å². The maximum Gasteiger partial charge on any atom is 0.172 e. The van der Waals surface area contributed by atoms with Gasteiger partial charge in [-0.15, -0.1) is 0 Å². The van der Waals surface area contributed by atoms with Crippen LogP contribution in [0, 0.1) is 5.82 Å². The van der Waals surface area contributed by atoms with Gasteiger partial charge in [-0.3, -0.25) is 4.98 Å². The second-order valence-electron chi connectivity index (χ2n) is 3.29. The summed E-state index contributed by atoms with van der Waals surface area (Å²) in [5.41, 5.74) is 0.681. The van der Waals surface area contributed by atoms with Crippen molar-refractivity contribution in [2.24, 2.45) is 0 Å². The highest BCUT2D eigenvalue weighted by molar-refractivity contribution is 5.80. The van der Waals surface area contributed by atoms with Gasteiger partial charge in [-0.2, -0.15) is 5.10 Å². The van der Waals surface area contributed by atoms with Crippen molar-refractivity contribution in [3.63, 3.8) is 0 Å². The summed E-state index contributed by atoms with van der Waals surface area (Å²) in [7, 11) is 0. The molecule has 0 atom stereocenters. The second-order valence-corrected chi connectivity index (χ2v) is 3.29. The standard InChI is InChI=1S/C11H7FN4/c12-9-2-1-3-10-8(9)6-15-16(10)11-7-13-4-5-14-11/h1-7H. The normalized spacial score (nSPS) is 10.8. The molecule has 16 heavy (non-hydrogen) atoms. The predicted octanol–water partition coefficient (Wildman–Crippen LogP) is 1.95. The summed E-state index contributed by atoms with van der Waals surface area (Å²) in [6.07, 6.45) is 6.22. The lowest BCUT2D eigenvalue weighted by Gasteiger charge is -2.00. The molecule has 2 heterocycles. The van der Waals surface area contributed by atoms with Crippen LogP contribution in [0.3, 0.4) is 0 Å². The highest BCUT2D eigenvalue weighted by Crippen LogP contribution is 2.18. The van der Waals surface area contributed by atoms with Gasteiger partial charge in [-0.1, -0.05) is 6.07 Å². The first kappa shape index (κ1) is 8.96. The lowest BCUT2D eigenvalue weighted by atomic mass is 10.2. The third-order valence-corrected chi connectivity index (χ3v) is 2.33. The molecule has 2 aromatic heterocycles. The van der Waals surface area contributed by atoms with E-state index in [9.17, 15) is 4.39 Å². The van der Waals surface area contributed by atoms with Crippen LogP contribution in [0.2, 0.25) is 0 Å². The minimum atomic E-state index is -0.285. The summed E-state index contributed by atoms with van der Waals surface area (Å²) in [4.78, 5) is 8.07. The molecule has 3 rings (SSSR count). The van der Waals surface area contributed by atoms with E-state index in [0.29, 0.717) is 16.7 Å². The Morgan fingerprint density at radius 1 is 1.12 bits per heavy atom. The molecule has 0 aliphatic carbocycles. The molecular formula is C11H7FN4. The average Bonchev–Trinajstić information content (AvgIpc) is 2.75. The average molecular weight is 214 g/mol. The molecule has 0 saturated heterocycles. The maximum atomic E-state index is 13.4. The monoisotopic (exact) mass is 214 g/mol. The van der Waals surface area contributed by atoms with Crippen molar-refractivity contribution in [2.75, 3.05) is 0 Å². The van der Waals surface area contributed by atoms with Crippen molar-refractivity contribution in [1.29, 1.82) is 0 Å². The molecule has 0 aliphatic rings. The fraction of sp³-hybridized carbons (Fsp3) is 0. The van der Waals surface area contributed by atoms with Crippen molar-refractivity contribution >= 4 is 10.9 Å². The number of hydrogen-bond donors (Lipinski definition) is 0. The topological polar surface area (TPSA) is 43.6 Å². The molecule has 3 aromatic rings. The summed E-state index contributed by atoms with van der Waals surface area (Å²) in [6, 6.07) is 4.84. The van der Waals surface area contributed by atoms with Gasteiger partial charge in [0.25, 0.3) is 0 Å². The summed E-state index contributed by atoms with van der Waals surface area (Å²) in [5.74, 6) is 0.288. The highest BCUT2D eigenvalue weighted by Gasteiger charge is 2.08. The Labute approximate surface area is 90.4 Å². The van der Waals surface area contributed by atoms with Crippen molar-refractivity contribution in [3.05, 3.63) is 48.8 Å². The number of nitrogens with zero attached hydrogens (tertiary/aromatic N) is 4. The van der Waals surface area contributed by atoms with Crippen LogP contribution >= 0.6 is 0 Å². The molecule has 0 aliphatic heterocycles. The Hall–Kier alpha value is -2.30. The van der Waals surface area contributed by atoms with Crippen LogP contribution in [0.1, 0.15) is 0 Å². The fourth-order valence-corrected chi connectivity index (χ4v) is 1.60. The van der Waals surface area contributed by atoms with Crippen LogP contribution in [0.15, 0.2) is 43.0 Å². The summed E-state index contributed by atoms with van der Waals surface area (Å²) >= 11 is 0. The summed E-state index contributed by atoms with van der Waals surface area (Å²) in [6.45, 7) is 0. The van der Waals surface area contributed by atoms with Gasteiger partial charge in [0.1, 0.15) is 5.82 Å². The first-order valence-electron chi connectivity index (χ1n) is 4.75. The number of aromatic nitrogens is 4. The Morgan fingerprint density at radius 3 is 2.88 bits per heavy atom. The number of fused-ring (bicyclic) bond motifs is 1. The Bertz CT molecular complexity index is 633. The van der Waals surface area contributed by atoms with Crippen molar-refractivity contribution in [2.45, 2.75) is 0 Å². The number of halogens is 1. The van der Waals surface area contributed by atoms with Crippen LogP contribution in [0.5, 0.6) is 0 Å². The van der Waals surface area contributed by atoms with E-state index in [-0.39, 0.29) is 5.82 Å². The zero-order chi connectivity index (χ0) is 11.0. The molecule has 0 bridgehead atoms. The van der Waals surface area contributed by atoms with Gasteiger partial charge in [-0.05, 0) is 12.1 Å². The van der Waals surface area contributed by atoms with Crippen molar-refractivity contribution in [3.8, 4) is 5.82 Å². The molecule has 4 nitrogen and oxygen atoms in total. The first-order valence-corrected chi connectivity index (χ1v) is 4.75. The quantitative estimate of drug-likeness (QED) is 0.621. The van der Waals surface area contributed by atoms with Crippen LogP contribution in [0.4, 0.5) is 4.39 Å². The van der Waals surface area contributed by atoms with Crippen LogP contribution < -0.4 is 0 Å². The van der Waals surface area contributed by atoms with E-state index in [1.807, 2.05) is 0 Å². The van der Waals surface area contributed by atoms with Gasteiger partial charge in [-0.25, -0.2) is 14.1 Å². The molecule has 5 heteroatoms. The number of hydrogen-bond acceptors (Lipinski definition) is 3. The minimum Gasteiger partial charge on any atom is -0.259 e. The van der Waals surface area contributed by atoms with E-state index in [2.05, 4.69) is 15.1 Å². The smallest absolute Gasteiger partial charge is 0.172 e. The summed E-state index contributed by atoms with van der Waals surface area (Å²) < 4.78 is 15.0. The van der Waals surface area contributed by atoms with E-state index in [1.54, 1.807) is 35.4 Å². The number of benzene rings is 1.